The monoisotopic (exact) mass is 558 g/mol. The maximum absolute atomic E-state index is 12.8. The van der Waals surface area contributed by atoms with Gasteiger partial charge in [0.05, 0.1) is 0 Å². The molecular weight excluding hydrogens is 528 g/mol. The van der Waals surface area contributed by atoms with E-state index in [0.717, 1.165) is 27.9 Å². The number of nitrogens with one attached hydrogen (secondary N) is 1. The first-order chi connectivity index (χ1) is 16.7. The Morgan fingerprint density at radius 1 is 1.37 bits per heavy atom. The van der Waals surface area contributed by atoms with Gasteiger partial charge in [0.1, 0.15) is 11.4 Å². The van der Waals surface area contributed by atoms with E-state index in [9.17, 15) is 14.7 Å². The molecule has 1 aliphatic heterocycles. The fraction of sp³-hybridized carbons (Fsp3) is 0.407. The summed E-state index contributed by atoms with van der Waals surface area (Å²) in [7, 11) is 0. The van der Waals surface area contributed by atoms with Crippen LogP contribution in [-0.4, -0.2) is 53.2 Å². The molecule has 2 N–H and O–H groups in total. The number of carbonyl (C=O) groups excluding carboxylic acids is 2. The summed E-state index contributed by atoms with van der Waals surface area (Å²) in [6, 6.07) is 9.14. The van der Waals surface area contributed by atoms with E-state index in [-0.39, 0.29) is 23.7 Å². The van der Waals surface area contributed by atoms with Crippen LogP contribution in [0.15, 0.2) is 58.9 Å². The van der Waals surface area contributed by atoms with E-state index in [1.807, 2.05) is 35.7 Å². The first-order valence-corrected chi connectivity index (χ1v) is 13.5. The zero-order chi connectivity index (χ0) is 25.1. The Bertz CT molecular complexity index is 1130. The van der Waals surface area contributed by atoms with Crippen LogP contribution in [0.1, 0.15) is 43.0 Å². The Kier molecular flexibility index (Phi) is 7.83. The lowest BCUT2D eigenvalue weighted by atomic mass is 9.55. The van der Waals surface area contributed by atoms with Crippen LogP contribution in [0.5, 0.6) is 5.75 Å². The largest absolute Gasteiger partial charge is 0.508 e. The minimum atomic E-state index is -0.756. The summed E-state index contributed by atoms with van der Waals surface area (Å²) in [6.07, 6.45) is 7.92. The second-order valence-corrected chi connectivity index (χ2v) is 11.3. The molecule has 35 heavy (non-hydrogen) atoms. The number of ether oxygens (including phenoxy) is 1. The van der Waals surface area contributed by atoms with E-state index in [4.69, 9.17) is 4.74 Å². The van der Waals surface area contributed by atoms with Gasteiger partial charge in [-0.3, -0.25) is 14.5 Å². The summed E-state index contributed by atoms with van der Waals surface area (Å²) in [5.74, 6) is -0.282. The van der Waals surface area contributed by atoms with E-state index in [2.05, 4.69) is 32.7 Å². The number of hydrogen-bond acceptors (Lipinski definition) is 6. The van der Waals surface area contributed by atoms with Crippen molar-refractivity contribution in [2.45, 2.75) is 49.7 Å². The van der Waals surface area contributed by atoms with Crippen molar-refractivity contribution in [2.75, 3.05) is 19.6 Å². The zero-order valence-corrected chi connectivity index (χ0v) is 22.2. The van der Waals surface area contributed by atoms with Gasteiger partial charge >= 0.3 is 5.97 Å². The topological polar surface area (TPSA) is 78.9 Å². The van der Waals surface area contributed by atoms with Crippen molar-refractivity contribution in [3.63, 3.8) is 0 Å². The van der Waals surface area contributed by atoms with E-state index in [1.54, 1.807) is 29.5 Å². The van der Waals surface area contributed by atoms with E-state index >= 15 is 0 Å². The summed E-state index contributed by atoms with van der Waals surface area (Å²) in [5, 5.41) is 15.5. The third-order valence-corrected chi connectivity index (χ3v) is 8.81. The first-order valence-electron chi connectivity index (χ1n) is 11.8. The number of halogens is 1. The standard InChI is InChI=1S/C27H31BrN2O4S/c1-3-12-30-13-11-26(20-5-4-6-23(32)14-20)16-22(9-10-27(26,18-30)34-19(2)31)29-25(33)8-7-24-15-21(28)17-35-24/h3-8,14-15,17,22,32H,1,9-13,16,18H2,2H3,(H,29,33)/t22-,26-,27-/m0/s1. The predicted molar refractivity (Wildman–Crippen MR) is 142 cm³/mol. The summed E-state index contributed by atoms with van der Waals surface area (Å²) in [4.78, 5) is 28.4. The van der Waals surface area contributed by atoms with Gasteiger partial charge in [-0.25, -0.2) is 0 Å². The number of aromatic hydroxyl groups is 1. The maximum Gasteiger partial charge on any atom is 0.303 e. The molecule has 2 heterocycles. The van der Waals surface area contributed by atoms with Gasteiger partial charge in [0, 0.05) is 52.3 Å². The van der Waals surface area contributed by atoms with Gasteiger partial charge in [0.15, 0.2) is 0 Å². The molecular formula is C27H31BrN2O4S. The number of benzene rings is 1. The van der Waals surface area contributed by atoms with E-state index < -0.39 is 11.0 Å². The highest BCUT2D eigenvalue weighted by Gasteiger charge is 2.60. The van der Waals surface area contributed by atoms with Gasteiger partial charge in [-0.2, -0.15) is 0 Å². The molecule has 186 valence electrons. The normalized spacial score (nSPS) is 26.7. The number of esters is 1. The highest BCUT2D eigenvalue weighted by molar-refractivity contribution is 9.10. The van der Waals surface area contributed by atoms with Crippen LogP contribution >= 0.6 is 27.3 Å². The number of fused-ring (bicyclic) bond motifs is 1. The molecule has 2 aliphatic rings. The van der Waals surface area contributed by atoms with Crippen LogP contribution in [0.25, 0.3) is 6.08 Å². The molecule has 1 aromatic carbocycles. The van der Waals surface area contributed by atoms with Crippen molar-refractivity contribution >= 4 is 45.2 Å². The fourth-order valence-electron chi connectivity index (χ4n) is 5.77. The Balaban J connectivity index is 1.64. The lowest BCUT2D eigenvalue weighted by Gasteiger charge is -2.59. The summed E-state index contributed by atoms with van der Waals surface area (Å²) in [5.41, 5.74) is -0.350. The predicted octanol–water partition coefficient (Wildman–Crippen LogP) is 5.03. The minimum absolute atomic E-state index is 0.0841. The Morgan fingerprint density at radius 3 is 2.89 bits per heavy atom. The number of rotatable bonds is 7. The average Bonchev–Trinajstić information content (AvgIpc) is 3.23. The first kappa shape index (κ1) is 25.7. The molecule has 4 rings (SSSR count). The molecule has 0 radical (unpaired) electrons. The summed E-state index contributed by atoms with van der Waals surface area (Å²) < 4.78 is 7.18. The minimum Gasteiger partial charge on any atom is -0.508 e. The fourth-order valence-corrected chi connectivity index (χ4v) is 7.11. The van der Waals surface area contributed by atoms with E-state index in [0.29, 0.717) is 32.4 Å². The van der Waals surface area contributed by atoms with Crippen LogP contribution in [-0.2, 0) is 19.7 Å². The number of likely N-dealkylation sites (tertiary alicyclic amines) is 1. The number of nitrogens with zero attached hydrogens (tertiary/aromatic N) is 1. The van der Waals surface area contributed by atoms with Gasteiger partial charge in [-0.15, -0.1) is 17.9 Å². The smallest absolute Gasteiger partial charge is 0.303 e. The molecule has 1 aromatic heterocycles. The molecule has 1 saturated carbocycles. The van der Waals surface area contributed by atoms with Crippen LogP contribution in [0.3, 0.4) is 0 Å². The molecule has 2 fully saturated rings. The number of hydrogen-bond donors (Lipinski definition) is 2. The summed E-state index contributed by atoms with van der Waals surface area (Å²) in [6.45, 7) is 7.43. The van der Waals surface area contributed by atoms with Gasteiger partial charge in [-0.1, -0.05) is 18.2 Å². The van der Waals surface area contributed by atoms with Gasteiger partial charge in [-0.05, 0) is 78.0 Å². The quantitative estimate of drug-likeness (QED) is 0.283. The van der Waals surface area contributed by atoms with Crippen molar-refractivity contribution in [1.82, 2.24) is 10.2 Å². The molecule has 6 nitrogen and oxygen atoms in total. The van der Waals surface area contributed by atoms with Crippen molar-refractivity contribution in [3.05, 3.63) is 69.4 Å². The molecule has 1 aliphatic carbocycles. The molecule has 1 amide bonds. The Hall–Kier alpha value is -2.42. The molecule has 1 saturated heterocycles. The Morgan fingerprint density at radius 2 is 2.20 bits per heavy atom. The van der Waals surface area contributed by atoms with Crippen LogP contribution in [0.2, 0.25) is 0 Å². The number of amides is 1. The maximum atomic E-state index is 12.8. The number of thiophene rings is 1. The lowest BCUT2D eigenvalue weighted by Crippen LogP contribution is -2.68. The van der Waals surface area contributed by atoms with E-state index in [1.165, 1.54) is 6.92 Å². The second-order valence-electron chi connectivity index (χ2n) is 9.44. The molecule has 2 aromatic rings. The molecule has 0 spiro atoms. The van der Waals surface area contributed by atoms with Crippen molar-refractivity contribution in [3.8, 4) is 5.75 Å². The number of phenols is 1. The summed E-state index contributed by atoms with van der Waals surface area (Å²) >= 11 is 5.00. The number of piperidine rings is 1. The molecule has 0 unspecified atom stereocenters. The van der Waals surface area contributed by atoms with Crippen LogP contribution in [0, 0.1) is 0 Å². The third kappa shape index (κ3) is 5.55. The third-order valence-electron chi connectivity index (χ3n) is 7.16. The molecule has 0 bridgehead atoms. The highest BCUT2D eigenvalue weighted by atomic mass is 79.9. The van der Waals surface area contributed by atoms with Crippen molar-refractivity contribution in [2.24, 2.45) is 0 Å². The van der Waals surface area contributed by atoms with Crippen molar-refractivity contribution < 1.29 is 19.4 Å². The SMILES string of the molecule is C=CCN1CC[C@@]2(c3cccc(O)c3)C[C@@H](NC(=O)C=Cc3cc(Br)cs3)CC[C@]2(OC(C)=O)C1. The second kappa shape index (κ2) is 10.7. The zero-order valence-electron chi connectivity index (χ0n) is 19.8. The van der Waals surface area contributed by atoms with Gasteiger partial charge in [0.25, 0.3) is 0 Å². The van der Waals surface area contributed by atoms with Crippen molar-refractivity contribution in [1.29, 1.82) is 0 Å². The number of phenolic OH excluding ortho intramolecular Hbond substituents is 1. The van der Waals surface area contributed by atoms with Crippen LogP contribution < -0.4 is 5.32 Å². The lowest BCUT2D eigenvalue weighted by molar-refractivity contribution is -0.186. The highest BCUT2D eigenvalue weighted by Crippen LogP contribution is 2.54. The Labute approximate surface area is 218 Å². The average molecular weight is 560 g/mol. The number of carbonyl (C=O) groups is 2. The molecule has 3 atom stereocenters. The van der Waals surface area contributed by atoms with Gasteiger partial charge < -0.3 is 15.2 Å². The van der Waals surface area contributed by atoms with Crippen LogP contribution in [0.4, 0.5) is 0 Å². The van der Waals surface area contributed by atoms with Gasteiger partial charge in [0.2, 0.25) is 5.91 Å². The molecule has 8 heteroatoms.